The molecule has 23 heavy (non-hydrogen) atoms. The molecule has 1 aromatic carbocycles. The van der Waals surface area contributed by atoms with E-state index in [1.165, 1.54) is 12.0 Å². The Labute approximate surface area is 137 Å². The molecule has 1 fully saturated rings. The summed E-state index contributed by atoms with van der Waals surface area (Å²) < 4.78 is 18.7. The molecular formula is C19H26O4. The molecule has 1 N–H and O–H groups in total. The minimum Gasteiger partial charge on any atom is -0.508 e. The van der Waals surface area contributed by atoms with Crippen molar-refractivity contribution in [1.82, 2.24) is 0 Å². The molecule has 3 aliphatic rings. The van der Waals surface area contributed by atoms with Crippen molar-refractivity contribution < 1.29 is 19.3 Å². The highest BCUT2D eigenvalue weighted by Gasteiger charge is 2.55. The van der Waals surface area contributed by atoms with E-state index in [1.807, 2.05) is 6.92 Å². The number of hydrogen-bond acceptors (Lipinski definition) is 4. The summed E-state index contributed by atoms with van der Waals surface area (Å²) in [4.78, 5) is 0. The summed E-state index contributed by atoms with van der Waals surface area (Å²) in [5.41, 5.74) is 3.31. The third kappa shape index (κ3) is 1.97. The van der Waals surface area contributed by atoms with Gasteiger partial charge in [0.15, 0.2) is 0 Å². The topological polar surface area (TPSA) is 47.9 Å². The van der Waals surface area contributed by atoms with E-state index in [2.05, 4.69) is 13.8 Å². The van der Waals surface area contributed by atoms with E-state index in [0.717, 1.165) is 36.1 Å². The summed E-state index contributed by atoms with van der Waals surface area (Å²) >= 11 is 0. The average molecular weight is 318 g/mol. The molecule has 4 nitrogen and oxygen atoms in total. The van der Waals surface area contributed by atoms with E-state index in [0.29, 0.717) is 5.75 Å². The van der Waals surface area contributed by atoms with Crippen LogP contribution in [0.2, 0.25) is 0 Å². The molecule has 1 saturated carbocycles. The number of phenolic OH excluding ortho intramolecular Hbond substituents is 1. The Kier molecular flexibility index (Phi) is 3.40. The predicted molar refractivity (Wildman–Crippen MR) is 86.9 cm³/mol. The van der Waals surface area contributed by atoms with E-state index in [9.17, 15) is 5.11 Å². The fourth-order valence-corrected chi connectivity index (χ4v) is 4.83. The van der Waals surface area contributed by atoms with Gasteiger partial charge >= 0.3 is 0 Å². The fraction of sp³-hybridized carbons (Fsp3) is 0.684. The molecule has 0 radical (unpaired) electrons. The van der Waals surface area contributed by atoms with Crippen LogP contribution in [-0.2, 0) is 9.47 Å². The van der Waals surface area contributed by atoms with Crippen molar-refractivity contribution in [1.29, 1.82) is 0 Å². The quantitative estimate of drug-likeness (QED) is 0.843. The Balaban J connectivity index is 1.95. The number of benzene rings is 1. The number of rotatable bonds is 1. The number of phenols is 1. The zero-order valence-electron chi connectivity index (χ0n) is 14.4. The third-order valence-electron chi connectivity index (χ3n) is 6.27. The van der Waals surface area contributed by atoms with Gasteiger partial charge in [-0.3, -0.25) is 0 Å². The Bertz CT molecular complexity index is 641. The lowest BCUT2D eigenvalue weighted by Gasteiger charge is -2.53. The van der Waals surface area contributed by atoms with Crippen LogP contribution >= 0.6 is 0 Å². The Morgan fingerprint density at radius 1 is 1.26 bits per heavy atom. The maximum absolute atomic E-state index is 10.4. The zero-order valence-corrected chi connectivity index (χ0v) is 14.4. The van der Waals surface area contributed by atoms with Gasteiger partial charge in [-0.25, -0.2) is 0 Å². The van der Waals surface area contributed by atoms with E-state index in [-0.39, 0.29) is 24.0 Å². The van der Waals surface area contributed by atoms with Gasteiger partial charge in [0.25, 0.3) is 0 Å². The largest absolute Gasteiger partial charge is 0.508 e. The van der Waals surface area contributed by atoms with Crippen LogP contribution in [0.5, 0.6) is 11.5 Å². The molecule has 0 spiro atoms. The van der Waals surface area contributed by atoms with E-state index in [1.54, 1.807) is 13.2 Å². The molecule has 4 heteroatoms. The summed E-state index contributed by atoms with van der Waals surface area (Å²) in [5, 5.41) is 10.4. The van der Waals surface area contributed by atoms with Crippen molar-refractivity contribution >= 4 is 0 Å². The van der Waals surface area contributed by atoms with Crippen molar-refractivity contribution in [3.8, 4) is 11.5 Å². The van der Waals surface area contributed by atoms with Gasteiger partial charge in [0.05, 0.1) is 18.1 Å². The monoisotopic (exact) mass is 318 g/mol. The highest BCUT2D eigenvalue weighted by atomic mass is 16.7. The Morgan fingerprint density at radius 3 is 2.78 bits per heavy atom. The standard InChI is InChI=1S/C19H26O4/c1-10-12(3)22-18-13-7-5-6-8-19(13,21-4)23-15-9-14(20)11(2)16(10)17(15)18/h9-10,12-13,18,20H,5-8H2,1-4H3. The van der Waals surface area contributed by atoms with Gasteiger partial charge in [0.2, 0.25) is 5.79 Å². The van der Waals surface area contributed by atoms with Gasteiger partial charge in [0.1, 0.15) is 11.5 Å². The van der Waals surface area contributed by atoms with E-state index >= 15 is 0 Å². The van der Waals surface area contributed by atoms with Gasteiger partial charge < -0.3 is 19.3 Å². The maximum atomic E-state index is 10.4. The predicted octanol–water partition coefficient (Wildman–Crippen LogP) is 4.19. The SMILES string of the molecule is COC12CCCCC1C1OC(C)C(C)c3c(C)c(O)cc(c31)O2. The molecule has 0 aromatic heterocycles. The molecule has 0 amide bonds. The second-order valence-electron chi connectivity index (χ2n) is 7.37. The lowest BCUT2D eigenvalue weighted by molar-refractivity contribution is -0.262. The van der Waals surface area contributed by atoms with Crippen LogP contribution in [0.1, 0.15) is 68.2 Å². The van der Waals surface area contributed by atoms with Gasteiger partial charge in [-0.05, 0) is 37.8 Å². The first-order valence-electron chi connectivity index (χ1n) is 8.74. The molecule has 1 aliphatic carbocycles. The van der Waals surface area contributed by atoms with Crippen molar-refractivity contribution in [2.24, 2.45) is 5.92 Å². The zero-order chi connectivity index (χ0) is 16.4. The second-order valence-corrected chi connectivity index (χ2v) is 7.37. The highest BCUT2D eigenvalue weighted by Crippen LogP contribution is 2.58. The Hall–Kier alpha value is -1.26. The minimum atomic E-state index is -0.616. The maximum Gasteiger partial charge on any atom is 0.215 e. The first-order chi connectivity index (χ1) is 11.0. The molecular weight excluding hydrogens is 292 g/mol. The van der Waals surface area contributed by atoms with Crippen LogP contribution in [-0.4, -0.2) is 24.1 Å². The van der Waals surface area contributed by atoms with Crippen molar-refractivity contribution in [3.05, 3.63) is 22.8 Å². The highest BCUT2D eigenvalue weighted by molar-refractivity contribution is 5.56. The van der Waals surface area contributed by atoms with Gasteiger partial charge in [-0.15, -0.1) is 0 Å². The molecule has 4 rings (SSSR count). The molecule has 5 unspecified atom stereocenters. The lowest BCUT2D eigenvalue weighted by Crippen LogP contribution is -2.54. The Morgan fingerprint density at radius 2 is 2.04 bits per heavy atom. The van der Waals surface area contributed by atoms with Crippen LogP contribution < -0.4 is 4.74 Å². The molecule has 2 aliphatic heterocycles. The second kappa shape index (κ2) is 5.12. The van der Waals surface area contributed by atoms with Crippen LogP contribution in [0.15, 0.2) is 6.07 Å². The average Bonchev–Trinajstić information content (AvgIpc) is 2.55. The smallest absolute Gasteiger partial charge is 0.215 e. The number of aromatic hydroxyl groups is 1. The third-order valence-corrected chi connectivity index (χ3v) is 6.27. The van der Waals surface area contributed by atoms with Crippen LogP contribution in [0.3, 0.4) is 0 Å². The molecule has 1 aromatic rings. The molecule has 5 atom stereocenters. The van der Waals surface area contributed by atoms with Crippen LogP contribution in [0.25, 0.3) is 0 Å². The van der Waals surface area contributed by atoms with Crippen molar-refractivity contribution in [3.63, 3.8) is 0 Å². The summed E-state index contributed by atoms with van der Waals surface area (Å²) in [6, 6.07) is 1.75. The lowest BCUT2D eigenvalue weighted by atomic mass is 9.71. The number of hydrogen-bond donors (Lipinski definition) is 1. The number of methoxy groups -OCH3 is 1. The van der Waals surface area contributed by atoms with E-state index < -0.39 is 5.79 Å². The first kappa shape index (κ1) is 15.3. The summed E-state index contributed by atoms with van der Waals surface area (Å²) in [6.07, 6.45) is 4.34. The summed E-state index contributed by atoms with van der Waals surface area (Å²) in [7, 11) is 1.73. The first-order valence-corrected chi connectivity index (χ1v) is 8.74. The summed E-state index contributed by atoms with van der Waals surface area (Å²) in [6.45, 7) is 6.29. The molecule has 0 saturated heterocycles. The number of ether oxygens (including phenoxy) is 3. The minimum absolute atomic E-state index is 0.000463. The molecule has 2 heterocycles. The number of fused-ring (bicyclic) bond motifs is 2. The summed E-state index contributed by atoms with van der Waals surface area (Å²) in [5.74, 6) is 0.890. The molecule has 126 valence electrons. The van der Waals surface area contributed by atoms with Gasteiger partial charge in [-0.2, -0.15) is 0 Å². The van der Waals surface area contributed by atoms with E-state index in [4.69, 9.17) is 14.2 Å². The van der Waals surface area contributed by atoms with Crippen LogP contribution in [0, 0.1) is 12.8 Å². The van der Waals surface area contributed by atoms with Crippen molar-refractivity contribution in [2.75, 3.05) is 7.11 Å². The van der Waals surface area contributed by atoms with Gasteiger partial charge in [-0.1, -0.05) is 13.3 Å². The molecule has 0 bridgehead atoms. The van der Waals surface area contributed by atoms with Crippen LogP contribution in [0.4, 0.5) is 0 Å². The normalized spacial score (nSPS) is 38.4. The fourth-order valence-electron chi connectivity index (χ4n) is 4.83. The van der Waals surface area contributed by atoms with Crippen molar-refractivity contribution in [2.45, 2.75) is 70.4 Å². The van der Waals surface area contributed by atoms with Gasteiger partial charge in [0, 0.05) is 31.1 Å².